The highest BCUT2D eigenvalue weighted by Crippen LogP contribution is 2.25. The van der Waals surface area contributed by atoms with Crippen LogP contribution in [0.1, 0.15) is 25.7 Å². The third kappa shape index (κ3) is 3.68. The average molecular weight is 239 g/mol. The van der Waals surface area contributed by atoms with E-state index >= 15 is 0 Å². The molecule has 2 aliphatic rings. The predicted molar refractivity (Wildman–Crippen MR) is 68.9 cm³/mol. The fraction of sp³-hybridized carbons (Fsp3) is 0.923. The van der Waals surface area contributed by atoms with Gasteiger partial charge in [-0.25, -0.2) is 0 Å². The zero-order valence-electron chi connectivity index (χ0n) is 10.9. The summed E-state index contributed by atoms with van der Waals surface area (Å²) in [6, 6.07) is 0.748. The molecule has 0 atom stereocenters. The van der Waals surface area contributed by atoms with Gasteiger partial charge in [-0.1, -0.05) is 0 Å². The van der Waals surface area contributed by atoms with Crippen molar-refractivity contribution < 1.29 is 4.79 Å². The van der Waals surface area contributed by atoms with Gasteiger partial charge in [-0.3, -0.25) is 9.69 Å². The Morgan fingerprint density at radius 3 is 2.29 bits per heavy atom. The molecule has 0 aromatic rings. The molecule has 0 radical (unpaired) electrons. The Morgan fingerprint density at radius 2 is 1.76 bits per heavy atom. The van der Waals surface area contributed by atoms with Gasteiger partial charge < -0.3 is 10.2 Å². The molecule has 1 amide bonds. The molecular formula is C13H25N3O. The van der Waals surface area contributed by atoms with Crippen molar-refractivity contribution in [1.29, 1.82) is 0 Å². The molecule has 0 aromatic carbocycles. The minimum atomic E-state index is 0.748. The normalized spacial score (nSPS) is 31.5. The summed E-state index contributed by atoms with van der Waals surface area (Å²) >= 11 is 0. The lowest BCUT2D eigenvalue weighted by Crippen LogP contribution is -2.47. The van der Waals surface area contributed by atoms with E-state index in [0.29, 0.717) is 0 Å². The number of hydrogen-bond donors (Lipinski definition) is 1. The van der Waals surface area contributed by atoms with Crippen LogP contribution in [0.4, 0.5) is 0 Å². The summed E-state index contributed by atoms with van der Waals surface area (Å²) in [4.78, 5) is 15.0. The van der Waals surface area contributed by atoms with Crippen molar-refractivity contribution in [1.82, 2.24) is 15.1 Å². The first-order chi connectivity index (χ1) is 8.31. The molecule has 2 fully saturated rings. The number of rotatable bonds is 4. The van der Waals surface area contributed by atoms with Crippen molar-refractivity contribution in [3.05, 3.63) is 0 Å². The SMILES string of the molecule is CNC1CCC(CN2CCN(C=O)CC2)CC1. The molecule has 98 valence electrons. The van der Waals surface area contributed by atoms with Gasteiger partial charge in [-0.05, 0) is 38.6 Å². The number of piperazine rings is 1. The first-order valence-corrected chi connectivity index (χ1v) is 6.90. The van der Waals surface area contributed by atoms with Crippen molar-refractivity contribution in [3.8, 4) is 0 Å². The van der Waals surface area contributed by atoms with Crippen LogP contribution in [-0.4, -0.2) is 62.0 Å². The van der Waals surface area contributed by atoms with Gasteiger partial charge in [0.15, 0.2) is 0 Å². The van der Waals surface area contributed by atoms with E-state index in [4.69, 9.17) is 0 Å². The Labute approximate surface area is 104 Å². The maximum atomic E-state index is 10.6. The average Bonchev–Trinajstić information content (AvgIpc) is 2.40. The standard InChI is InChI=1S/C13H25N3O/c1-14-13-4-2-12(3-5-13)10-15-6-8-16(11-17)9-7-15/h11-14H,2-10H2,1H3. The number of hydrogen-bond acceptors (Lipinski definition) is 3. The summed E-state index contributed by atoms with van der Waals surface area (Å²) in [6.07, 6.45) is 6.36. The largest absolute Gasteiger partial charge is 0.343 e. The highest BCUT2D eigenvalue weighted by molar-refractivity contribution is 5.47. The third-order valence-corrected chi connectivity index (χ3v) is 4.33. The molecule has 1 N–H and O–H groups in total. The van der Waals surface area contributed by atoms with Crippen molar-refractivity contribution in [2.45, 2.75) is 31.7 Å². The Morgan fingerprint density at radius 1 is 1.12 bits per heavy atom. The third-order valence-electron chi connectivity index (χ3n) is 4.33. The van der Waals surface area contributed by atoms with Crippen LogP contribution in [0.25, 0.3) is 0 Å². The van der Waals surface area contributed by atoms with E-state index < -0.39 is 0 Å². The number of carbonyl (C=O) groups excluding carboxylic acids is 1. The van der Waals surface area contributed by atoms with Gasteiger partial charge in [0.2, 0.25) is 6.41 Å². The molecule has 0 aromatic heterocycles. The smallest absolute Gasteiger partial charge is 0.209 e. The van der Waals surface area contributed by atoms with Crippen LogP contribution in [0, 0.1) is 5.92 Å². The minimum Gasteiger partial charge on any atom is -0.343 e. The lowest BCUT2D eigenvalue weighted by atomic mass is 9.85. The first-order valence-electron chi connectivity index (χ1n) is 6.90. The van der Waals surface area contributed by atoms with Gasteiger partial charge >= 0.3 is 0 Å². The molecule has 1 saturated heterocycles. The molecule has 4 nitrogen and oxygen atoms in total. The molecule has 1 aliphatic heterocycles. The lowest BCUT2D eigenvalue weighted by molar-refractivity contribution is -0.119. The summed E-state index contributed by atoms with van der Waals surface area (Å²) in [6.45, 7) is 5.18. The van der Waals surface area contributed by atoms with Gasteiger partial charge in [0.05, 0.1) is 0 Å². The van der Waals surface area contributed by atoms with E-state index in [1.165, 1.54) is 32.2 Å². The first kappa shape index (κ1) is 12.8. The molecule has 1 heterocycles. The van der Waals surface area contributed by atoms with E-state index in [1.54, 1.807) is 0 Å². The van der Waals surface area contributed by atoms with Crippen molar-refractivity contribution in [2.75, 3.05) is 39.8 Å². The molecule has 2 rings (SSSR count). The second-order valence-corrected chi connectivity index (χ2v) is 5.45. The van der Waals surface area contributed by atoms with Crippen LogP contribution >= 0.6 is 0 Å². The Hall–Kier alpha value is -0.610. The maximum absolute atomic E-state index is 10.6. The molecule has 4 heteroatoms. The Balaban J connectivity index is 1.67. The van der Waals surface area contributed by atoms with E-state index in [9.17, 15) is 4.79 Å². The zero-order valence-corrected chi connectivity index (χ0v) is 10.9. The minimum absolute atomic E-state index is 0.748. The molecule has 0 spiro atoms. The molecule has 17 heavy (non-hydrogen) atoms. The number of carbonyl (C=O) groups is 1. The van der Waals surface area contributed by atoms with Crippen LogP contribution < -0.4 is 5.32 Å². The molecule has 1 aliphatic carbocycles. The predicted octanol–water partition coefficient (Wildman–Crippen LogP) is 0.539. The summed E-state index contributed by atoms with van der Waals surface area (Å²) in [7, 11) is 2.07. The van der Waals surface area contributed by atoms with Crippen LogP contribution in [0.3, 0.4) is 0 Å². The van der Waals surface area contributed by atoms with E-state index in [0.717, 1.165) is 44.5 Å². The fourth-order valence-electron chi connectivity index (χ4n) is 3.05. The van der Waals surface area contributed by atoms with Gasteiger partial charge in [0.25, 0.3) is 0 Å². The quantitative estimate of drug-likeness (QED) is 0.727. The van der Waals surface area contributed by atoms with Gasteiger partial charge in [0.1, 0.15) is 0 Å². The highest BCUT2D eigenvalue weighted by Gasteiger charge is 2.23. The van der Waals surface area contributed by atoms with Gasteiger partial charge in [0, 0.05) is 38.8 Å². The van der Waals surface area contributed by atoms with E-state index in [1.807, 2.05) is 4.90 Å². The Bertz CT molecular complexity index is 231. The fourth-order valence-corrected chi connectivity index (χ4v) is 3.05. The summed E-state index contributed by atoms with van der Waals surface area (Å²) < 4.78 is 0. The van der Waals surface area contributed by atoms with Crippen molar-refractivity contribution >= 4 is 6.41 Å². The maximum Gasteiger partial charge on any atom is 0.209 e. The van der Waals surface area contributed by atoms with E-state index in [-0.39, 0.29) is 0 Å². The second-order valence-electron chi connectivity index (χ2n) is 5.45. The highest BCUT2D eigenvalue weighted by atomic mass is 16.1. The van der Waals surface area contributed by atoms with Crippen LogP contribution in [0.15, 0.2) is 0 Å². The zero-order chi connectivity index (χ0) is 12.1. The van der Waals surface area contributed by atoms with Crippen LogP contribution in [0.5, 0.6) is 0 Å². The summed E-state index contributed by atoms with van der Waals surface area (Å²) in [5, 5.41) is 3.38. The lowest BCUT2D eigenvalue weighted by Gasteiger charge is -2.36. The number of amides is 1. The monoisotopic (exact) mass is 239 g/mol. The van der Waals surface area contributed by atoms with E-state index in [2.05, 4.69) is 17.3 Å². The number of nitrogens with one attached hydrogen (secondary N) is 1. The van der Waals surface area contributed by atoms with Crippen molar-refractivity contribution in [3.63, 3.8) is 0 Å². The summed E-state index contributed by atoms with van der Waals surface area (Å²) in [5.74, 6) is 0.877. The van der Waals surface area contributed by atoms with Crippen LogP contribution in [-0.2, 0) is 4.79 Å². The number of nitrogens with zero attached hydrogens (tertiary/aromatic N) is 2. The molecule has 0 bridgehead atoms. The molecular weight excluding hydrogens is 214 g/mol. The van der Waals surface area contributed by atoms with Crippen LogP contribution in [0.2, 0.25) is 0 Å². The van der Waals surface area contributed by atoms with Gasteiger partial charge in [-0.15, -0.1) is 0 Å². The topological polar surface area (TPSA) is 35.6 Å². The second kappa shape index (κ2) is 6.36. The molecule has 1 saturated carbocycles. The van der Waals surface area contributed by atoms with Crippen molar-refractivity contribution in [2.24, 2.45) is 5.92 Å². The summed E-state index contributed by atoms with van der Waals surface area (Å²) in [5.41, 5.74) is 0. The molecule has 0 unspecified atom stereocenters. The Kier molecular flexibility index (Phi) is 4.80. The van der Waals surface area contributed by atoms with Gasteiger partial charge in [-0.2, -0.15) is 0 Å².